The fourth-order valence-electron chi connectivity index (χ4n) is 1.25. The van der Waals surface area contributed by atoms with Gasteiger partial charge >= 0.3 is 0 Å². The standard InChI is InChI=1S/C6H13NO5/c8-1-2(9)3-4(10)5(11)6(12)7-3/h2-12H,1H2. The third-order valence-electron chi connectivity index (χ3n) is 2.01. The van der Waals surface area contributed by atoms with Gasteiger partial charge in [-0.25, -0.2) is 0 Å². The van der Waals surface area contributed by atoms with Crippen molar-refractivity contribution in [2.75, 3.05) is 6.61 Å². The van der Waals surface area contributed by atoms with Crippen molar-refractivity contribution in [1.82, 2.24) is 5.32 Å². The Balaban J connectivity index is 2.58. The fourth-order valence-corrected chi connectivity index (χ4v) is 1.25. The first-order valence-electron chi connectivity index (χ1n) is 3.67. The molecule has 1 saturated heterocycles. The fraction of sp³-hybridized carbons (Fsp3) is 1.00. The summed E-state index contributed by atoms with van der Waals surface area (Å²) in [6, 6.07) is -0.889. The highest BCUT2D eigenvalue weighted by Gasteiger charge is 2.43. The molecule has 0 amide bonds. The van der Waals surface area contributed by atoms with Gasteiger partial charge < -0.3 is 25.5 Å². The highest BCUT2D eigenvalue weighted by molar-refractivity contribution is 4.96. The van der Waals surface area contributed by atoms with Gasteiger partial charge in [0.1, 0.15) is 18.4 Å². The van der Waals surface area contributed by atoms with Crippen molar-refractivity contribution in [3.05, 3.63) is 0 Å². The van der Waals surface area contributed by atoms with Gasteiger partial charge in [0.25, 0.3) is 0 Å². The van der Waals surface area contributed by atoms with E-state index in [2.05, 4.69) is 5.32 Å². The topological polar surface area (TPSA) is 113 Å². The molecule has 5 atom stereocenters. The van der Waals surface area contributed by atoms with Gasteiger partial charge in [-0.1, -0.05) is 0 Å². The van der Waals surface area contributed by atoms with E-state index in [1.165, 1.54) is 0 Å². The molecule has 1 heterocycles. The second-order valence-corrected chi connectivity index (χ2v) is 2.87. The van der Waals surface area contributed by atoms with Crippen LogP contribution in [0.15, 0.2) is 0 Å². The molecular weight excluding hydrogens is 166 g/mol. The number of rotatable bonds is 2. The Morgan fingerprint density at radius 1 is 1.17 bits per heavy atom. The summed E-state index contributed by atoms with van der Waals surface area (Å²) in [6.07, 6.45) is -5.03. The summed E-state index contributed by atoms with van der Waals surface area (Å²) in [6.45, 7) is -0.534. The summed E-state index contributed by atoms with van der Waals surface area (Å²) in [5, 5.41) is 47.1. The van der Waals surface area contributed by atoms with Gasteiger partial charge in [-0.15, -0.1) is 0 Å². The summed E-state index contributed by atoms with van der Waals surface area (Å²) < 4.78 is 0. The number of nitrogens with one attached hydrogen (secondary N) is 1. The third-order valence-corrected chi connectivity index (χ3v) is 2.01. The molecule has 0 aromatic carbocycles. The van der Waals surface area contributed by atoms with Gasteiger partial charge in [-0.2, -0.15) is 0 Å². The molecule has 0 bridgehead atoms. The summed E-state index contributed by atoms with van der Waals surface area (Å²) in [5.74, 6) is 0. The third kappa shape index (κ3) is 1.58. The Morgan fingerprint density at radius 2 is 1.75 bits per heavy atom. The van der Waals surface area contributed by atoms with E-state index >= 15 is 0 Å². The summed E-state index contributed by atoms with van der Waals surface area (Å²) in [5.41, 5.74) is 0. The first-order chi connectivity index (χ1) is 5.57. The van der Waals surface area contributed by atoms with Crippen LogP contribution in [0.25, 0.3) is 0 Å². The van der Waals surface area contributed by atoms with Crippen LogP contribution >= 0.6 is 0 Å². The lowest BCUT2D eigenvalue weighted by Gasteiger charge is -2.19. The largest absolute Gasteiger partial charge is 0.394 e. The molecule has 72 valence electrons. The van der Waals surface area contributed by atoms with Gasteiger partial charge in [-0.05, 0) is 0 Å². The Kier molecular flexibility index (Phi) is 2.99. The maximum atomic E-state index is 9.19. The molecular formula is C6H13NO5. The van der Waals surface area contributed by atoms with E-state index in [0.29, 0.717) is 0 Å². The lowest BCUT2D eigenvalue weighted by Crippen LogP contribution is -2.45. The molecule has 0 aliphatic carbocycles. The molecule has 1 aliphatic heterocycles. The Bertz CT molecular complexity index is 155. The molecule has 5 unspecified atom stereocenters. The van der Waals surface area contributed by atoms with Crippen molar-refractivity contribution >= 4 is 0 Å². The highest BCUT2D eigenvalue weighted by Crippen LogP contribution is 2.15. The lowest BCUT2D eigenvalue weighted by molar-refractivity contribution is -0.0342. The van der Waals surface area contributed by atoms with Crippen LogP contribution in [-0.4, -0.2) is 62.7 Å². The number of hydrogen-bond donors (Lipinski definition) is 6. The summed E-state index contributed by atoms with van der Waals surface area (Å²) in [4.78, 5) is 0. The van der Waals surface area contributed by atoms with Crippen molar-refractivity contribution in [2.24, 2.45) is 0 Å². The Morgan fingerprint density at radius 3 is 2.08 bits per heavy atom. The van der Waals surface area contributed by atoms with E-state index in [-0.39, 0.29) is 0 Å². The Labute approximate surface area is 69.1 Å². The van der Waals surface area contributed by atoms with Crippen LogP contribution in [0.3, 0.4) is 0 Å². The van der Waals surface area contributed by atoms with Gasteiger partial charge in [0, 0.05) is 0 Å². The minimum atomic E-state index is -1.32. The molecule has 0 saturated carbocycles. The van der Waals surface area contributed by atoms with Crippen LogP contribution in [0, 0.1) is 0 Å². The summed E-state index contributed by atoms with van der Waals surface area (Å²) >= 11 is 0. The van der Waals surface area contributed by atoms with Crippen molar-refractivity contribution < 1.29 is 25.5 Å². The van der Waals surface area contributed by atoms with Crippen molar-refractivity contribution in [3.8, 4) is 0 Å². The lowest BCUT2D eigenvalue weighted by atomic mass is 10.1. The average Bonchev–Trinajstić information content (AvgIpc) is 2.32. The monoisotopic (exact) mass is 179 g/mol. The Hall–Kier alpha value is -0.240. The predicted octanol–water partition coefficient (Wildman–Crippen LogP) is -3.65. The van der Waals surface area contributed by atoms with Crippen molar-refractivity contribution in [3.63, 3.8) is 0 Å². The van der Waals surface area contributed by atoms with E-state index in [1.807, 2.05) is 0 Å². The zero-order valence-electron chi connectivity index (χ0n) is 6.33. The molecule has 1 aliphatic rings. The quantitative estimate of drug-likeness (QED) is 0.260. The van der Waals surface area contributed by atoms with Crippen LogP contribution in [-0.2, 0) is 0 Å². The second-order valence-electron chi connectivity index (χ2n) is 2.87. The number of aliphatic hydroxyl groups is 5. The molecule has 0 aromatic rings. The number of aliphatic hydroxyl groups excluding tert-OH is 5. The zero-order valence-corrected chi connectivity index (χ0v) is 6.33. The maximum Gasteiger partial charge on any atom is 0.134 e. The van der Waals surface area contributed by atoms with E-state index in [1.54, 1.807) is 0 Å². The van der Waals surface area contributed by atoms with Gasteiger partial charge in [-0.3, -0.25) is 5.32 Å². The van der Waals surface area contributed by atoms with Crippen LogP contribution < -0.4 is 5.32 Å². The maximum absolute atomic E-state index is 9.19. The molecule has 0 spiro atoms. The van der Waals surface area contributed by atoms with Gasteiger partial charge in [0.2, 0.25) is 0 Å². The van der Waals surface area contributed by atoms with E-state index in [0.717, 1.165) is 0 Å². The van der Waals surface area contributed by atoms with E-state index < -0.39 is 37.2 Å². The van der Waals surface area contributed by atoms with E-state index in [4.69, 9.17) is 20.4 Å². The zero-order chi connectivity index (χ0) is 9.30. The average molecular weight is 179 g/mol. The highest BCUT2D eigenvalue weighted by atomic mass is 16.4. The minimum Gasteiger partial charge on any atom is -0.394 e. The van der Waals surface area contributed by atoms with Gasteiger partial charge in [0.05, 0.1) is 18.8 Å². The van der Waals surface area contributed by atoms with Crippen LogP contribution in [0.4, 0.5) is 0 Å². The van der Waals surface area contributed by atoms with Crippen molar-refractivity contribution in [2.45, 2.75) is 30.6 Å². The predicted molar refractivity (Wildman–Crippen MR) is 38.0 cm³/mol. The van der Waals surface area contributed by atoms with Crippen LogP contribution in [0.5, 0.6) is 0 Å². The van der Waals surface area contributed by atoms with E-state index in [9.17, 15) is 5.11 Å². The van der Waals surface area contributed by atoms with Crippen LogP contribution in [0.2, 0.25) is 0 Å². The molecule has 12 heavy (non-hydrogen) atoms. The van der Waals surface area contributed by atoms with Crippen LogP contribution in [0.1, 0.15) is 0 Å². The molecule has 0 aromatic heterocycles. The summed E-state index contributed by atoms with van der Waals surface area (Å²) in [7, 11) is 0. The molecule has 1 rings (SSSR count). The first-order valence-corrected chi connectivity index (χ1v) is 3.67. The molecule has 6 heteroatoms. The second kappa shape index (κ2) is 3.65. The first kappa shape index (κ1) is 9.85. The van der Waals surface area contributed by atoms with Crippen molar-refractivity contribution in [1.29, 1.82) is 0 Å². The molecule has 0 radical (unpaired) electrons. The molecule has 6 N–H and O–H groups in total. The number of hydrogen-bond acceptors (Lipinski definition) is 6. The van der Waals surface area contributed by atoms with Gasteiger partial charge in [0.15, 0.2) is 0 Å². The smallest absolute Gasteiger partial charge is 0.134 e. The minimum absolute atomic E-state index is 0.534. The normalized spacial score (nSPS) is 44.8. The SMILES string of the molecule is OCC(O)C1NC(O)C(O)C1O. The molecule has 6 nitrogen and oxygen atoms in total. The molecule has 1 fully saturated rings.